The van der Waals surface area contributed by atoms with Gasteiger partial charge < -0.3 is 9.73 Å². The molecule has 1 N–H and O–H groups in total. The van der Waals surface area contributed by atoms with E-state index in [0.29, 0.717) is 30.1 Å². The number of sulfonamides is 1. The van der Waals surface area contributed by atoms with E-state index >= 15 is 0 Å². The van der Waals surface area contributed by atoms with Crippen molar-refractivity contribution in [2.75, 3.05) is 19.6 Å². The Morgan fingerprint density at radius 2 is 2.00 bits per heavy atom. The predicted molar refractivity (Wildman–Crippen MR) is 85.6 cm³/mol. The molecular weight excluding hydrogens is 356 g/mol. The van der Waals surface area contributed by atoms with Gasteiger partial charge in [-0.05, 0) is 40.7 Å². The van der Waals surface area contributed by atoms with Gasteiger partial charge in [0, 0.05) is 19.2 Å². The van der Waals surface area contributed by atoms with Crippen molar-refractivity contribution in [1.82, 2.24) is 9.62 Å². The zero-order valence-corrected chi connectivity index (χ0v) is 15.2. The van der Waals surface area contributed by atoms with Crippen LogP contribution < -0.4 is 5.32 Å². The molecule has 0 unspecified atom stereocenters. The van der Waals surface area contributed by atoms with Gasteiger partial charge in [0.25, 0.3) is 0 Å². The molecule has 1 fully saturated rings. The molecule has 2 heterocycles. The van der Waals surface area contributed by atoms with E-state index in [1.807, 2.05) is 6.92 Å². The second-order valence-corrected chi connectivity index (χ2v) is 8.83. The summed E-state index contributed by atoms with van der Waals surface area (Å²) in [5.41, 5.74) is 0.218. The molecule has 0 aliphatic carbocycles. The summed E-state index contributed by atoms with van der Waals surface area (Å²) in [7, 11) is -3.48. The minimum absolute atomic E-state index is 0.218. The first-order valence-electron chi connectivity index (χ1n) is 7.25. The highest BCUT2D eigenvalue weighted by Gasteiger charge is 2.35. The summed E-state index contributed by atoms with van der Waals surface area (Å²) in [6.45, 7) is 8.81. The maximum Gasteiger partial charge on any atom is 0.247 e. The Balaban J connectivity index is 2.18. The van der Waals surface area contributed by atoms with Gasteiger partial charge in [-0.15, -0.1) is 0 Å². The minimum atomic E-state index is -3.48. The lowest BCUT2D eigenvalue weighted by atomic mass is 9.83. The summed E-state index contributed by atoms with van der Waals surface area (Å²) in [5.74, 6) is 0.625. The second kappa shape index (κ2) is 6.40. The van der Waals surface area contributed by atoms with Gasteiger partial charge >= 0.3 is 0 Å². The molecule has 1 saturated heterocycles. The monoisotopic (exact) mass is 378 g/mol. The highest BCUT2D eigenvalue weighted by atomic mass is 79.9. The minimum Gasteiger partial charge on any atom is -0.452 e. The molecule has 5 nitrogen and oxygen atoms in total. The van der Waals surface area contributed by atoms with Crippen molar-refractivity contribution in [3.8, 4) is 0 Å². The summed E-state index contributed by atoms with van der Waals surface area (Å²) in [6.07, 6.45) is 1.76. The van der Waals surface area contributed by atoms with Crippen molar-refractivity contribution < 1.29 is 12.8 Å². The summed E-state index contributed by atoms with van der Waals surface area (Å²) in [6, 6.07) is 1.61. The van der Waals surface area contributed by atoms with Crippen LogP contribution in [0.3, 0.4) is 0 Å². The third-order valence-corrected chi connectivity index (χ3v) is 6.71. The van der Waals surface area contributed by atoms with E-state index in [4.69, 9.17) is 4.42 Å². The van der Waals surface area contributed by atoms with E-state index in [-0.39, 0.29) is 10.3 Å². The van der Waals surface area contributed by atoms with Gasteiger partial charge in [-0.2, -0.15) is 4.31 Å². The molecule has 21 heavy (non-hydrogen) atoms. The fourth-order valence-corrected chi connectivity index (χ4v) is 4.78. The largest absolute Gasteiger partial charge is 0.452 e. The third kappa shape index (κ3) is 3.88. The number of nitrogens with one attached hydrogen (secondary N) is 1. The van der Waals surface area contributed by atoms with Crippen LogP contribution in [0.4, 0.5) is 0 Å². The Morgan fingerprint density at radius 3 is 2.57 bits per heavy atom. The molecule has 1 aromatic heterocycles. The van der Waals surface area contributed by atoms with E-state index in [9.17, 15) is 8.42 Å². The van der Waals surface area contributed by atoms with Crippen LogP contribution >= 0.6 is 15.9 Å². The van der Waals surface area contributed by atoms with Crippen LogP contribution in [0, 0.1) is 5.41 Å². The topological polar surface area (TPSA) is 62.6 Å². The first-order chi connectivity index (χ1) is 9.76. The molecular formula is C14H23BrN2O3S. The fourth-order valence-electron chi connectivity index (χ4n) is 2.38. The van der Waals surface area contributed by atoms with Crippen molar-refractivity contribution in [1.29, 1.82) is 0 Å². The molecule has 120 valence electrons. The molecule has 1 aliphatic heterocycles. The SMILES string of the molecule is CCNCc1cc(S(=O)(=O)N2CCC(C)(C)CC2)c(Br)o1. The maximum absolute atomic E-state index is 12.7. The average Bonchev–Trinajstić information content (AvgIpc) is 2.78. The normalized spacial score (nSPS) is 19.8. The lowest BCUT2D eigenvalue weighted by Crippen LogP contribution is -2.41. The summed E-state index contributed by atoms with van der Waals surface area (Å²) in [4.78, 5) is 0.232. The standard InChI is InChI=1S/C14H23BrN2O3S/c1-4-16-10-11-9-12(13(15)20-11)21(18,19)17-7-5-14(2,3)6-8-17/h9,16H,4-8,10H2,1-3H3. The number of hydrogen-bond donors (Lipinski definition) is 1. The van der Waals surface area contributed by atoms with E-state index in [1.165, 1.54) is 0 Å². The highest BCUT2D eigenvalue weighted by Crippen LogP contribution is 2.35. The van der Waals surface area contributed by atoms with Crippen molar-refractivity contribution in [3.05, 3.63) is 16.5 Å². The number of furan rings is 1. The average molecular weight is 379 g/mol. The van der Waals surface area contributed by atoms with Crippen LogP contribution in [0.2, 0.25) is 0 Å². The number of hydrogen-bond acceptors (Lipinski definition) is 4. The molecule has 1 aliphatic rings. The fraction of sp³-hybridized carbons (Fsp3) is 0.714. The maximum atomic E-state index is 12.7. The molecule has 0 radical (unpaired) electrons. The Kier molecular flexibility index (Phi) is 5.18. The van der Waals surface area contributed by atoms with Crippen LogP contribution in [0.25, 0.3) is 0 Å². The Hall–Kier alpha value is -0.370. The molecule has 0 spiro atoms. The van der Waals surface area contributed by atoms with Gasteiger partial charge in [0.05, 0.1) is 6.54 Å². The molecule has 7 heteroatoms. The molecule has 0 bridgehead atoms. The van der Waals surface area contributed by atoms with Crippen molar-refractivity contribution >= 4 is 26.0 Å². The van der Waals surface area contributed by atoms with Crippen LogP contribution in [0.15, 0.2) is 20.0 Å². The van der Waals surface area contributed by atoms with Gasteiger partial charge in [-0.1, -0.05) is 20.8 Å². The predicted octanol–water partition coefficient (Wildman–Crippen LogP) is 2.96. The molecule has 0 aromatic carbocycles. The zero-order valence-electron chi connectivity index (χ0n) is 12.8. The van der Waals surface area contributed by atoms with Crippen LogP contribution in [0.5, 0.6) is 0 Å². The quantitative estimate of drug-likeness (QED) is 0.855. The lowest BCUT2D eigenvalue weighted by molar-refractivity contribution is 0.195. The number of rotatable bonds is 5. The summed E-state index contributed by atoms with van der Waals surface area (Å²) < 4.78 is 32.8. The van der Waals surface area contributed by atoms with Crippen LogP contribution in [0.1, 0.15) is 39.4 Å². The molecule has 0 amide bonds. The smallest absolute Gasteiger partial charge is 0.247 e. The Morgan fingerprint density at radius 1 is 1.38 bits per heavy atom. The first-order valence-corrected chi connectivity index (χ1v) is 9.49. The van der Waals surface area contributed by atoms with Gasteiger partial charge in [-0.25, -0.2) is 8.42 Å². The molecule has 1 aromatic rings. The van der Waals surface area contributed by atoms with Crippen molar-refractivity contribution in [2.24, 2.45) is 5.41 Å². The second-order valence-electron chi connectivity index (χ2n) is 6.20. The number of nitrogens with zero attached hydrogens (tertiary/aromatic N) is 1. The molecule has 0 saturated carbocycles. The van der Waals surface area contributed by atoms with Crippen LogP contribution in [-0.4, -0.2) is 32.4 Å². The van der Waals surface area contributed by atoms with E-state index in [1.54, 1.807) is 10.4 Å². The summed E-state index contributed by atoms with van der Waals surface area (Å²) >= 11 is 3.23. The van der Waals surface area contributed by atoms with Gasteiger partial charge in [0.2, 0.25) is 10.0 Å². The molecule has 2 rings (SSSR count). The van der Waals surface area contributed by atoms with E-state index in [0.717, 1.165) is 19.4 Å². The van der Waals surface area contributed by atoms with Crippen LogP contribution in [-0.2, 0) is 16.6 Å². The lowest BCUT2D eigenvalue weighted by Gasteiger charge is -2.35. The van der Waals surface area contributed by atoms with Crippen molar-refractivity contribution in [3.63, 3.8) is 0 Å². The summed E-state index contributed by atoms with van der Waals surface area (Å²) in [5, 5.41) is 3.12. The molecule has 0 atom stereocenters. The zero-order chi connectivity index (χ0) is 15.7. The van der Waals surface area contributed by atoms with Gasteiger partial charge in [-0.3, -0.25) is 0 Å². The first kappa shape index (κ1) is 17.0. The Labute approximate surface area is 135 Å². The third-order valence-electron chi connectivity index (χ3n) is 3.95. The van der Waals surface area contributed by atoms with Crippen molar-refractivity contribution in [2.45, 2.75) is 45.1 Å². The number of halogens is 1. The van der Waals surface area contributed by atoms with Gasteiger partial charge in [0.1, 0.15) is 10.7 Å². The Bertz CT molecular complexity index is 585. The highest BCUT2D eigenvalue weighted by molar-refractivity contribution is 9.10. The van der Waals surface area contributed by atoms with Gasteiger partial charge in [0.15, 0.2) is 4.67 Å². The van der Waals surface area contributed by atoms with E-state index < -0.39 is 10.0 Å². The number of piperidine rings is 1. The van der Waals surface area contributed by atoms with E-state index in [2.05, 4.69) is 35.1 Å².